The maximum atomic E-state index is 11.4. The molecule has 0 bridgehead atoms. The van der Waals surface area contributed by atoms with Gasteiger partial charge in [-0.15, -0.1) is 23.5 Å². The highest BCUT2D eigenvalue weighted by Crippen LogP contribution is 2.32. The Hall–Kier alpha value is -2.16. The maximum absolute atomic E-state index is 11.4. The molecule has 2 aromatic carbocycles. The zero-order valence-corrected chi connectivity index (χ0v) is 14.5. The summed E-state index contributed by atoms with van der Waals surface area (Å²) in [6.45, 7) is 0. The maximum Gasteiger partial charge on any atom is 0.260 e. The van der Waals surface area contributed by atoms with E-state index in [9.17, 15) is 4.79 Å². The van der Waals surface area contributed by atoms with Gasteiger partial charge in [0.05, 0.1) is 0 Å². The molecule has 1 amide bonds. The van der Waals surface area contributed by atoms with Crippen molar-refractivity contribution >= 4 is 45.1 Å². The van der Waals surface area contributed by atoms with E-state index in [-0.39, 0.29) is 5.57 Å². The molecule has 0 unspecified atom stereocenters. The van der Waals surface area contributed by atoms with Crippen LogP contribution in [0.1, 0.15) is 5.56 Å². The van der Waals surface area contributed by atoms with Gasteiger partial charge >= 0.3 is 0 Å². The van der Waals surface area contributed by atoms with Gasteiger partial charge in [0.2, 0.25) is 0 Å². The number of nitrogens with two attached hydrogens (primary N) is 1. The number of hydrogen-bond donors (Lipinski definition) is 1. The van der Waals surface area contributed by atoms with E-state index >= 15 is 0 Å². The molecule has 2 rings (SSSR count). The lowest BCUT2D eigenvalue weighted by molar-refractivity contribution is -0.114. The van der Waals surface area contributed by atoms with Crippen LogP contribution in [0.5, 0.6) is 0 Å². The molecule has 0 heterocycles. The summed E-state index contributed by atoms with van der Waals surface area (Å²) in [5.74, 6) is -0.702. The molecule has 0 spiro atoms. The van der Waals surface area contributed by atoms with Crippen molar-refractivity contribution in [1.82, 2.24) is 0 Å². The fourth-order valence-corrected chi connectivity index (χ4v) is 3.45. The normalized spacial score (nSPS) is 12.7. The predicted octanol–water partition coefficient (Wildman–Crippen LogP) is 4.17. The highest BCUT2D eigenvalue weighted by Gasteiger charge is 2.11. The second-order valence-electron chi connectivity index (χ2n) is 4.69. The number of carbonyl (C=O) groups is 1. The molecule has 0 aliphatic carbocycles. The molecule has 116 valence electrons. The topological polar surface area (TPSA) is 66.9 Å². The molecule has 0 saturated heterocycles. The third kappa shape index (κ3) is 3.98. The van der Waals surface area contributed by atoms with Gasteiger partial charge in [-0.3, -0.25) is 4.79 Å². The summed E-state index contributed by atoms with van der Waals surface area (Å²) in [7, 11) is 0. The van der Waals surface area contributed by atoms with Crippen molar-refractivity contribution in [3.05, 3.63) is 64.6 Å². The van der Waals surface area contributed by atoms with Crippen LogP contribution in [-0.4, -0.2) is 18.4 Å². The number of nitriles is 1. The first-order chi connectivity index (χ1) is 11.1. The number of hydrogen-bond acceptors (Lipinski definition) is 4. The molecular weight excluding hydrogens is 324 g/mol. The average molecular weight is 340 g/mol. The number of amides is 1. The van der Waals surface area contributed by atoms with Gasteiger partial charge in [0.25, 0.3) is 5.91 Å². The Morgan fingerprint density at radius 3 is 2.39 bits per heavy atom. The van der Waals surface area contributed by atoms with Crippen LogP contribution in [0, 0.1) is 11.3 Å². The van der Waals surface area contributed by atoms with Crippen molar-refractivity contribution in [3.8, 4) is 6.07 Å². The Morgan fingerprint density at radius 2 is 1.83 bits per heavy atom. The Kier molecular flexibility index (Phi) is 5.91. The van der Waals surface area contributed by atoms with Gasteiger partial charge < -0.3 is 5.73 Å². The van der Waals surface area contributed by atoms with Crippen molar-refractivity contribution in [2.75, 3.05) is 12.5 Å². The Bertz CT molecular complexity index is 847. The smallest absolute Gasteiger partial charge is 0.260 e. The Balaban J connectivity index is 2.56. The molecule has 5 heteroatoms. The number of nitrogens with zero attached hydrogens (tertiary/aromatic N) is 1. The van der Waals surface area contributed by atoms with Crippen LogP contribution < -0.4 is 5.73 Å². The molecule has 2 N–H and O–H groups in total. The fraction of sp³-hybridized carbons (Fsp3) is 0.111. The van der Waals surface area contributed by atoms with Gasteiger partial charge in [-0.05, 0) is 41.0 Å². The van der Waals surface area contributed by atoms with E-state index in [2.05, 4.69) is 24.3 Å². The summed E-state index contributed by atoms with van der Waals surface area (Å²) >= 11 is 2.91. The van der Waals surface area contributed by atoms with Gasteiger partial charge in [0.1, 0.15) is 11.6 Å². The molecule has 2 aromatic rings. The standard InChI is InChI=1S/C18H16N2OS2/c1-22-16(10-17(23-2)15(11-19)18(20)21)14-8-7-12-5-3-4-6-13(12)9-14/h3-10H,1-2H3,(H2,20,21)/b16-10+,17-15-. The van der Waals surface area contributed by atoms with Crippen LogP contribution >= 0.6 is 23.5 Å². The molecule has 0 saturated carbocycles. The second-order valence-corrected chi connectivity index (χ2v) is 6.39. The number of fused-ring (bicyclic) bond motifs is 1. The molecule has 0 aliphatic heterocycles. The average Bonchev–Trinajstić information content (AvgIpc) is 2.57. The third-order valence-corrected chi connectivity index (χ3v) is 4.90. The van der Waals surface area contributed by atoms with Crippen molar-refractivity contribution in [2.24, 2.45) is 5.73 Å². The van der Waals surface area contributed by atoms with Crippen LogP contribution in [0.15, 0.2) is 59.0 Å². The van der Waals surface area contributed by atoms with E-state index in [0.717, 1.165) is 15.9 Å². The molecule has 23 heavy (non-hydrogen) atoms. The minimum atomic E-state index is -0.702. The lowest BCUT2D eigenvalue weighted by Crippen LogP contribution is -2.13. The van der Waals surface area contributed by atoms with Crippen LogP contribution in [0.4, 0.5) is 0 Å². The molecule has 3 nitrogen and oxygen atoms in total. The highest BCUT2D eigenvalue weighted by atomic mass is 32.2. The zero-order valence-electron chi connectivity index (χ0n) is 12.9. The largest absolute Gasteiger partial charge is 0.365 e. The first-order valence-electron chi connectivity index (χ1n) is 6.83. The SMILES string of the molecule is CSC(/C=C(/SC)c1ccc2ccccc2c1)=C(/C#N)C(N)=O. The number of rotatable bonds is 5. The number of thioether (sulfide) groups is 2. The van der Waals surface area contributed by atoms with Crippen molar-refractivity contribution in [1.29, 1.82) is 5.26 Å². The van der Waals surface area contributed by atoms with Gasteiger partial charge in [0, 0.05) is 9.81 Å². The minimum Gasteiger partial charge on any atom is -0.365 e. The number of primary amides is 1. The lowest BCUT2D eigenvalue weighted by atomic mass is 10.1. The monoisotopic (exact) mass is 340 g/mol. The van der Waals surface area contributed by atoms with Crippen LogP contribution in [0.3, 0.4) is 0 Å². The predicted molar refractivity (Wildman–Crippen MR) is 101 cm³/mol. The second kappa shape index (κ2) is 7.91. The molecule has 0 fully saturated rings. The first kappa shape index (κ1) is 17.2. The van der Waals surface area contributed by atoms with Gasteiger partial charge in [-0.1, -0.05) is 36.4 Å². The van der Waals surface area contributed by atoms with E-state index in [4.69, 9.17) is 11.0 Å². The van der Waals surface area contributed by atoms with E-state index in [1.807, 2.05) is 42.9 Å². The summed E-state index contributed by atoms with van der Waals surface area (Å²) in [5.41, 5.74) is 6.32. The van der Waals surface area contributed by atoms with E-state index in [0.29, 0.717) is 4.91 Å². The van der Waals surface area contributed by atoms with Crippen LogP contribution in [0.2, 0.25) is 0 Å². The summed E-state index contributed by atoms with van der Waals surface area (Å²) in [6, 6.07) is 16.2. The Morgan fingerprint density at radius 1 is 1.13 bits per heavy atom. The quantitative estimate of drug-likeness (QED) is 0.504. The molecular formula is C18H16N2OS2. The Labute approximate surface area is 144 Å². The molecule has 0 atom stereocenters. The molecule has 0 aliphatic rings. The molecule has 0 radical (unpaired) electrons. The van der Waals surface area contributed by atoms with Crippen molar-refractivity contribution < 1.29 is 4.79 Å². The third-order valence-electron chi connectivity index (χ3n) is 3.34. The first-order valence-corrected chi connectivity index (χ1v) is 9.28. The van der Waals surface area contributed by atoms with Crippen LogP contribution in [-0.2, 0) is 4.79 Å². The highest BCUT2D eigenvalue weighted by molar-refractivity contribution is 8.07. The van der Waals surface area contributed by atoms with Crippen LogP contribution in [0.25, 0.3) is 15.7 Å². The lowest BCUT2D eigenvalue weighted by Gasteiger charge is -2.08. The van der Waals surface area contributed by atoms with Gasteiger partial charge in [-0.2, -0.15) is 5.26 Å². The number of allylic oxidation sites excluding steroid dienone is 1. The van der Waals surface area contributed by atoms with E-state index in [1.54, 1.807) is 11.8 Å². The minimum absolute atomic E-state index is 0.00941. The van der Waals surface area contributed by atoms with Gasteiger partial charge in [0.15, 0.2) is 0 Å². The van der Waals surface area contributed by atoms with E-state index < -0.39 is 5.91 Å². The van der Waals surface area contributed by atoms with Gasteiger partial charge in [-0.25, -0.2) is 0 Å². The number of benzene rings is 2. The van der Waals surface area contributed by atoms with Crippen molar-refractivity contribution in [3.63, 3.8) is 0 Å². The summed E-state index contributed by atoms with van der Waals surface area (Å²) < 4.78 is 0. The van der Waals surface area contributed by atoms with E-state index in [1.165, 1.54) is 17.1 Å². The summed E-state index contributed by atoms with van der Waals surface area (Å²) in [4.78, 5) is 13.0. The van der Waals surface area contributed by atoms with Crippen molar-refractivity contribution in [2.45, 2.75) is 0 Å². The molecule has 0 aromatic heterocycles. The summed E-state index contributed by atoms with van der Waals surface area (Å²) in [5, 5.41) is 11.5. The summed E-state index contributed by atoms with van der Waals surface area (Å²) in [6.07, 6.45) is 5.64. The number of carbonyl (C=O) groups excluding carboxylic acids is 1. The zero-order chi connectivity index (χ0) is 16.8. The fourth-order valence-electron chi connectivity index (χ4n) is 2.19.